The summed E-state index contributed by atoms with van der Waals surface area (Å²) in [6, 6.07) is 11.5. The SMILES string of the molecule is CCC12CC3CC(C(=O)NC4CCNCC4)(C1)CC(c1ccccc1)(C3)C2. The molecule has 27 heavy (non-hydrogen) atoms. The van der Waals surface area contributed by atoms with Crippen LogP contribution in [0.5, 0.6) is 0 Å². The topological polar surface area (TPSA) is 41.1 Å². The quantitative estimate of drug-likeness (QED) is 0.839. The van der Waals surface area contributed by atoms with Crippen molar-refractivity contribution in [3.05, 3.63) is 35.9 Å². The summed E-state index contributed by atoms with van der Waals surface area (Å²) in [4.78, 5) is 13.7. The van der Waals surface area contributed by atoms with Gasteiger partial charge in [-0.15, -0.1) is 0 Å². The number of hydrogen-bond donors (Lipinski definition) is 2. The highest BCUT2D eigenvalue weighted by Crippen LogP contribution is 2.71. The van der Waals surface area contributed by atoms with E-state index in [0.717, 1.165) is 51.1 Å². The summed E-state index contributed by atoms with van der Waals surface area (Å²) in [7, 11) is 0. The van der Waals surface area contributed by atoms with Gasteiger partial charge in [-0.1, -0.05) is 43.7 Å². The minimum absolute atomic E-state index is 0.129. The monoisotopic (exact) mass is 366 g/mol. The second-order valence-corrected chi connectivity index (χ2v) is 10.3. The summed E-state index contributed by atoms with van der Waals surface area (Å²) in [6.07, 6.45) is 10.6. The Hall–Kier alpha value is -1.35. The molecule has 0 aromatic heterocycles. The summed E-state index contributed by atoms with van der Waals surface area (Å²) < 4.78 is 0. The highest BCUT2D eigenvalue weighted by molar-refractivity contribution is 5.84. The van der Waals surface area contributed by atoms with Crippen molar-refractivity contribution in [2.75, 3.05) is 13.1 Å². The van der Waals surface area contributed by atoms with Gasteiger partial charge in [-0.05, 0) is 86.8 Å². The molecule has 1 heterocycles. The zero-order valence-corrected chi connectivity index (χ0v) is 16.7. The molecule has 2 N–H and O–H groups in total. The van der Waals surface area contributed by atoms with Gasteiger partial charge in [0.1, 0.15) is 0 Å². The summed E-state index contributed by atoms with van der Waals surface area (Å²) in [5, 5.41) is 6.92. The molecule has 6 rings (SSSR count). The van der Waals surface area contributed by atoms with Crippen LogP contribution < -0.4 is 10.6 Å². The Morgan fingerprint density at radius 3 is 2.59 bits per heavy atom. The van der Waals surface area contributed by atoms with Crippen molar-refractivity contribution < 1.29 is 4.79 Å². The molecule has 4 atom stereocenters. The molecule has 4 bridgehead atoms. The number of carbonyl (C=O) groups is 1. The first-order valence-electron chi connectivity index (χ1n) is 11.1. The molecule has 1 aromatic carbocycles. The Morgan fingerprint density at radius 2 is 1.85 bits per heavy atom. The van der Waals surface area contributed by atoms with Gasteiger partial charge in [-0.3, -0.25) is 4.79 Å². The second kappa shape index (κ2) is 6.34. The lowest BCUT2D eigenvalue weighted by atomic mass is 9.38. The molecule has 1 amide bonds. The molecule has 1 aliphatic heterocycles. The van der Waals surface area contributed by atoms with E-state index in [0.29, 0.717) is 17.4 Å². The molecule has 1 aromatic rings. The number of benzene rings is 1. The van der Waals surface area contributed by atoms with Crippen molar-refractivity contribution in [2.24, 2.45) is 16.7 Å². The normalized spacial score (nSPS) is 40.9. The van der Waals surface area contributed by atoms with Crippen LogP contribution in [0.3, 0.4) is 0 Å². The van der Waals surface area contributed by atoms with Crippen molar-refractivity contribution in [3.63, 3.8) is 0 Å². The molecule has 4 saturated carbocycles. The first kappa shape index (κ1) is 17.7. The van der Waals surface area contributed by atoms with E-state index in [9.17, 15) is 4.79 Å². The third-order valence-electron chi connectivity index (χ3n) is 8.48. The second-order valence-electron chi connectivity index (χ2n) is 10.3. The average Bonchev–Trinajstić information content (AvgIpc) is 2.68. The molecule has 0 radical (unpaired) electrons. The van der Waals surface area contributed by atoms with Crippen molar-refractivity contribution >= 4 is 5.91 Å². The first-order chi connectivity index (χ1) is 13.1. The van der Waals surface area contributed by atoms with E-state index < -0.39 is 0 Å². The smallest absolute Gasteiger partial charge is 0.226 e. The van der Waals surface area contributed by atoms with Crippen molar-refractivity contribution in [1.82, 2.24) is 10.6 Å². The molecule has 5 fully saturated rings. The number of hydrogen-bond acceptors (Lipinski definition) is 2. The van der Waals surface area contributed by atoms with Crippen LogP contribution in [-0.4, -0.2) is 25.0 Å². The molecule has 4 unspecified atom stereocenters. The Balaban J connectivity index is 1.48. The Bertz CT molecular complexity index is 712. The van der Waals surface area contributed by atoms with E-state index in [-0.39, 0.29) is 10.8 Å². The lowest BCUT2D eigenvalue weighted by molar-refractivity contribution is -0.164. The van der Waals surface area contributed by atoms with Gasteiger partial charge >= 0.3 is 0 Å². The zero-order chi connectivity index (χ0) is 18.5. The standard InChI is InChI=1S/C24H34N2O/c1-2-22-12-18-13-23(15-22,19-6-4-3-5-7-19)17-24(14-18,16-22)21(27)26-20-8-10-25-11-9-20/h3-7,18,20,25H,2,8-17H2,1H3,(H,26,27). The van der Waals surface area contributed by atoms with Crippen LogP contribution in [0.1, 0.15) is 70.3 Å². The third-order valence-corrected chi connectivity index (χ3v) is 8.48. The fourth-order valence-electron chi connectivity index (χ4n) is 7.70. The molecular formula is C24H34N2O. The van der Waals surface area contributed by atoms with Crippen LogP contribution in [-0.2, 0) is 10.2 Å². The van der Waals surface area contributed by atoms with Gasteiger partial charge in [0.05, 0.1) is 5.41 Å². The van der Waals surface area contributed by atoms with E-state index in [4.69, 9.17) is 0 Å². The summed E-state index contributed by atoms with van der Waals surface area (Å²) in [6.45, 7) is 4.44. The summed E-state index contributed by atoms with van der Waals surface area (Å²) in [5.41, 5.74) is 1.96. The van der Waals surface area contributed by atoms with Crippen LogP contribution in [0.4, 0.5) is 0 Å². The number of carbonyl (C=O) groups excluding carboxylic acids is 1. The molecule has 1 saturated heterocycles. The summed E-state index contributed by atoms with van der Waals surface area (Å²) in [5.74, 6) is 1.11. The van der Waals surface area contributed by atoms with Crippen molar-refractivity contribution in [1.29, 1.82) is 0 Å². The van der Waals surface area contributed by atoms with Gasteiger partial charge in [0.25, 0.3) is 0 Å². The van der Waals surface area contributed by atoms with Crippen LogP contribution in [0.15, 0.2) is 30.3 Å². The van der Waals surface area contributed by atoms with Crippen molar-refractivity contribution in [3.8, 4) is 0 Å². The maximum atomic E-state index is 13.7. The fraction of sp³-hybridized carbons (Fsp3) is 0.708. The van der Waals surface area contributed by atoms with Gasteiger partial charge in [-0.2, -0.15) is 0 Å². The lowest BCUT2D eigenvalue weighted by Crippen LogP contribution is -2.63. The van der Waals surface area contributed by atoms with Gasteiger partial charge < -0.3 is 10.6 Å². The number of amides is 1. The van der Waals surface area contributed by atoms with E-state index >= 15 is 0 Å². The van der Waals surface area contributed by atoms with Crippen LogP contribution >= 0.6 is 0 Å². The van der Waals surface area contributed by atoms with Gasteiger partial charge in [0.15, 0.2) is 0 Å². The maximum absolute atomic E-state index is 13.7. The van der Waals surface area contributed by atoms with Gasteiger partial charge in [-0.25, -0.2) is 0 Å². The number of piperidine rings is 1. The minimum Gasteiger partial charge on any atom is -0.353 e. The molecule has 0 spiro atoms. The van der Waals surface area contributed by atoms with Crippen molar-refractivity contribution in [2.45, 2.75) is 76.2 Å². The van der Waals surface area contributed by atoms with Crippen LogP contribution in [0.2, 0.25) is 0 Å². The summed E-state index contributed by atoms with van der Waals surface area (Å²) >= 11 is 0. The zero-order valence-electron chi connectivity index (χ0n) is 16.7. The number of nitrogens with one attached hydrogen (secondary N) is 2. The Morgan fingerprint density at radius 1 is 1.07 bits per heavy atom. The number of rotatable bonds is 4. The Kier molecular flexibility index (Phi) is 4.16. The fourth-order valence-corrected chi connectivity index (χ4v) is 7.70. The van der Waals surface area contributed by atoms with Gasteiger partial charge in [0.2, 0.25) is 5.91 Å². The van der Waals surface area contributed by atoms with E-state index in [2.05, 4.69) is 47.9 Å². The predicted molar refractivity (Wildman–Crippen MR) is 109 cm³/mol. The third kappa shape index (κ3) is 2.85. The maximum Gasteiger partial charge on any atom is 0.226 e. The van der Waals surface area contributed by atoms with E-state index in [1.807, 2.05) is 0 Å². The van der Waals surface area contributed by atoms with Gasteiger partial charge in [0, 0.05) is 6.04 Å². The van der Waals surface area contributed by atoms with Crippen LogP contribution in [0, 0.1) is 16.7 Å². The highest BCUT2D eigenvalue weighted by atomic mass is 16.2. The first-order valence-corrected chi connectivity index (χ1v) is 11.1. The minimum atomic E-state index is -0.129. The highest BCUT2D eigenvalue weighted by Gasteiger charge is 2.65. The molecule has 4 aliphatic carbocycles. The predicted octanol–water partition coefficient (Wildman–Crippen LogP) is 4.17. The lowest BCUT2D eigenvalue weighted by Gasteiger charge is -2.66. The average molecular weight is 367 g/mol. The molecule has 3 nitrogen and oxygen atoms in total. The van der Waals surface area contributed by atoms with E-state index in [1.165, 1.54) is 31.2 Å². The molecule has 3 heteroatoms. The molecule has 146 valence electrons. The molecular weight excluding hydrogens is 332 g/mol. The largest absolute Gasteiger partial charge is 0.353 e. The van der Waals surface area contributed by atoms with Crippen LogP contribution in [0.25, 0.3) is 0 Å². The van der Waals surface area contributed by atoms with E-state index in [1.54, 1.807) is 0 Å². The molecule has 5 aliphatic rings. The Labute approximate surface area is 163 Å².